The lowest BCUT2D eigenvalue weighted by Gasteiger charge is -2.38. The highest BCUT2D eigenvalue weighted by atomic mass is 16.3. The van der Waals surface area contributed by atoms with Gasteiger partial charge in [0.15, 0.2) is 0 Å². The third-order valence-corrected chi connectivity index (χ3v) is 4.60. The van der Waals surface area contributed by atoms with E-state index in [1.807, 2.05) is 29.2 Å². The fourth-order valence-corrected chi connectivity index (χ4v) is 3.08. The fourth-order valence-electron chi connectivity index (χ4n) is 3.08. The van der Waals surface area contributed by atoms with E-state index in [4.69, 9.17) is 0 Å². The lowest BCUT2D eigenvalue weighted by atomic mass is 10.1. The molecule has 7 heteroatoms. The van der Waals surface area contributed by atoms with Gasteiger partial charge in [-0.1, -0.05) is 12.1 Å². The molecule has 7 nitrogen and oxygen atoms in total. The summed E-state index contributed by atoms with van der Waals surface area (Å²) in [6, 6.07) is 7.60. The number of piperazine rings is 1. The Balaban J connectivity index is 1.61. The van der Waals surface area contributed by atoms with E-state index in [1.54, 1.807) is 17.1 Å². The first kappa shape index (κ1) is 16.6. The summed E-state index contributed by atoms with van der Waals surface area (Å²) in [7, 11) is 0. The Kier molecular flexibility index (Phi) is 5.22. The fraction of sp³-hybridized carbons (Fsp3) is 0.471. The Labute approximate surface area is 141 Å². The molecule has 0 spiro atoms. The second kappa shape index (κ2) is 7.55. The smallest absolute Gasteiger partial charge is 0.253 e. The summed E-state index contributed by atoms with van der Waals surface area (Å²) in [4.78, 5) is 16.8. The van der Waals surface area contributed by atoms with Crippen LogP contribution in [0.4, 0.5) is 0 Å². The Morgan fingerprint density at radius 3 is 2.46 bits per heavy atom. The summed E-state index contributed by atoms with van der Waals surface area (Å²) in [6.07, 6.45) is 4.31. The largest absolute Gasteiger partial charge is 0.395 e. The van der Waals surface area contributed by atoms with E-state index in [2.05, 4.69) is 22.1 Å². The number of hydrogen-bond donors (Lipinski definition) is 1. The maximum Gasteiger partial charge on any atom is 0.253 e. The first-order chi connectivity index (χ1) is 11.7. The van der Waals surface area contributed by atoms with E-state index in [0.717, 1.165) is 25.2 Å². The lowest BCUT2D eigenvalue weighted by Crippen LogP contribution is -2.52. The number of aliphatic hydroxyl groups is 1. The number of aliphatic hydroxyl groups excluding tert-OH is 1. The molecule has 1 unspecified atom stereocenters. The zero-order valence-electron chi connectivity index (χ0n) is 13.9. The van der Waals surface area contributed by atoms with Gasteiger partial charge in [0.05, 0.1) is 24.7 Å². The first-order valence-corrected chi connectivity index (χ1v) is 8.34. The number of benzene rings is 1. The van der Waals surface area contributed by atoms with E-state index < -0.39 is 0 Å². The topological polar surface area (TPSA) is 74.5 Å². The quantitative estimate of drug-likeness (QED) is 0.878. The minimum atomic E-state index is 0.0526. The van der Waals surface area contributed by atoms with Crippen LogP contribution in [0.1, 0.15) is 23.7 Å². The Morgan fingerprint density at radius 1 is 1.21 bits per heavy atom. The van der Waals surface area contributed by atoms with Crippen LogP contribution in [0.3, 0.4) is 0 Å². The summed E-state index contributed by atoms with van der Waals surface area (Å²) in [6.45, 7) is 5.26. The molecule has 1 aromatic carbocycles. The van der Waals surface area contributed by atoms with Crippen molar-refractivity contribution < 1.29 is 9.90 Å². The number of hydrogen-bond acceptors (Lipinski definition) is 5. The molecule has 3 rings (SSSR count). The summed E-state index contributed by atoms with van der Waals surface area (Å²) >= 11 is 0. The van der Waals surface area contributed by atoms with Gasteiger partial charge in [-0.15, -0.1) is 5.10 Å². The predicted molar refractivity (Wildman–Crippen MR) is 90.0 cm³/mol. The van der Waals surface area contributed by atoms with Crippen LogP contribution in [0.2, 0.25) is 0 Å². The molecule has 1 amide bonds. The van der Waals surface area contributed by atoms with Crippen LogP contribution >= 0.6 is 0 Å². The molecule has 1 aromatic heterocycles. The van der Waals surface area contributed by atoms with Gasteiger partial charge < -0.3 is 10.0 Å². The molecule has 128 valence electrons. The van der Waals surface area contributed by atoms with Crippen molar-refractivity contribution in [2.24, 2.45) is 0 Å². The van der Waals surface area contributed by atoms with Gasteiger partial charge in [-0.25, -0.2) is 4.68 Å². The van der Waals surface area contributed by atoms with Crippen molar-refractivity contribution in [2.45, 2.75) is 19.4 Å². The van der Waals surface area contributed by atoms with Gasteiger partial charge in [-0.05, 0) is 30.7 Å². The summed E-state index contributed by atoms with van der Waals surface area (Å²) < 4.78 is 1.66. The minimum Gasteiger partial charge on any atom is -0.395 e. The Morgan fingerprint density at radius 2 is 1.92 bits per heavy atom. The summed E-state index contributed by atoms with van der Waals surface area (Å²) in [5.74, 6) is 0.0526. The molecule has 2 heterocycles. The van der Waals surface area contributed by atoms with Crippen molar-refractivity contribution in [1.82, 2.24) is 24.8 Å². The van der Waals surface area contributed by atoms with Crippen LogP contribution in [-0.2, 0) is 0 Å². The average molecular weight is 329 g/mol. The molecule has 2 aromatic rings. The highest BCUT2D eigenvalue weighted by Crippen LogP contribution is 2.14. The van der Waals surface area contributed by atoms with E-state index in [0.29, 0.717) is 18.7 Å². The third kappa shape index (κ3) is 3.47. The van der Waals surface area contributed by atoms with E-state index in [1.165, 1.54) is 0 Å². The molecule has 0 saturated carbocycles. The van der Waals surface area contributed by atoms with Gasteiger partial charge in [0.2, 0.25) is 0 Å². The molecule has 24 heavy (non-hydrogen) atoms. The van der Waals surface area contributed by atoms with Crippen molar-refractivity contribution in [2.75, 3.05) is 32.8 Å². The molecule has 0 aliphatic carbocycles. The summed E-state index contributed by atoms with van der Waals surface area (Å²) in [5, 5.41) is 17.1. The monoisotopic (exact) mass is 329 g/mol. The zero-order chi connectivity index (χ0) is 16.9. The number of carbonyl (C=O) groups is 1. The zero-order valence-corrected chi connectivity index (χ0v) is 13.9. The lowest BCUT2D eigenvalue weighted by molar-refractivity contribution is 0.0472. The van der Waals surface area contributed by atoms with E-state index >= 15 is 0 Å². The van der Waals surface area contributed by atoms with Crippen molar-refractivity contribution in [3.05, 3.63) is 42.2 Å². The van der Waals surface area contributed by atoms with Crippen LogP contribution in [-0.4, -0.2) is 74.6 Å². The second-order valence-corrected chi connectivity index (χ2v) is 5.97. The van der Waals surface area contributed by atoms with E-state index in [-0.39, 0.29) is 18.6 Å². The maximum atomic E-state index is 12.6. The number of nitrogens with zero attached hydrogens (tertiary/aromatic N) is 5. The maximum absolute atomic E-state index is 12.6. The van der Waals surface area contributed by atoms with Gasteiger partial charge in [0, 0.05) is 37.8 Å². The SMILES string of the molecule is CCC(CO)N1CCN(C(=O)c2ccc(-n3ccnn3)cc2)CC1. The average Bonchev–Trinajstić information content (AvgIpc) is 3.18. The Hall–Kier alpha value is -2.25. The van der Waals surface area contributed by atoms with Crippen LogP contribution in [0.25, 0.3) is 5.69 Å². The van der Waals surface area contributed by atoms with Crippen molar-refractivity contribution in [3.8, 4) is 5.69 Å². The van der Waals surface area contributed by atoms with Crippen molar-refractivity contribution in [1.29, 1.82) is 0 Å². The molecular weight excluding hydrogens is 306 g/mol. The predicted octanol–water partition coefficient (Wildman–Crippen LogP) is 0.796. The first-order valence-electron chi connectivity index (χ1n) is 8.34. The van der Waals surface area contributed by atoms with Gasteiger partial charge >= 0.3 is 0 Å². The molecule has 1 aliphatic rings. The number of amides is 1. The van der Waals surface area contributed by atoms with Crippen LogP contribution in [0.15, 0.2) is 36.7 Å². The highest BCUT2D eigenvalue weighted by molar-refractivity contribution is 5.94. The Bertz CT molecular complexity index is 644. The molecule has 1 fully saturated rings. The normalized spacial score (nSPS) is 17.0. The molecule has 1 aliphatic heterocycles. The standard InChI is InChI=1S/C17H23N5O2/c1-2-15(13-23)20-9-11-21(12-10-20)17(24)14-3-5-16(6-4-14)22-8-7-18-19-22/h3-8,15,23H,2,9-13H2,1H3. The minimum absolute atomic E-state index is 0.0526. The molecule has 0 bridgehead atoms. The number of carbonyl (C=O) groups excluding carboxylic acids is 1. The van der Waals surface area contributed by atoms with Gasteiger partial charge in [-0.3, -0.25) is 9.69 Å². The van der Waals surface area contributed by atoms with Gasteiger partial charge in [-0.2, -0.15) is 0 Å². The molecule has 1 N–H and O–H groups in total. The third-order valence-electron chi connectivity index (χ3n) is 4.60. The van der Waals surface area contributed by atoms with Crippen molar-refractivity contribution >= 4 is 5.91 Å². The van der Waals surface area contributed by atoms with Crippen LogP contribution in [0.5, 0.6) is 0 Å². The van der Waals surface area contributed by atoms with E-state index in [9.17, 15) is 9.90 Å². The molecule has 0 radical (unpaired) electrons. The van der Waals surface area contributed by atoms with Crippen molar-refractivity contribution in [3.63, 3.8) is 0 Å². The number of aromatic nitrogens is 3. The molecule has 1 saturated heterocycles. The van der Waals surface area contributed by atoms with Crippen LogP contribution < -0.4 is 0 Å². The van der Waals surface area contributed by atoms with Gasteiger partial charge in [0.1, 0.15) is 0 Å². The number of rotatable bonds is 5. The van der Waals surface area contributed by atoms with Crippen LogP contribution in [0, 0.1) is 0 Å². The summed E-state index contributed by atoms with van der Waals surface area (Å²) in [5.41, 5.74) is 1.56. The second-order valence-electron chi connectivity index (χ2n) is 5.97. The molecular formula is C17H23N5O2. The van der Waals surface area contributed by atoms with Gasteiger partial charge in [0.25, 0.3) is 5.91 Å². The highest BCUT2D eigenvalue weighted by Gasteiger charge is 2.25. The molecule has 1 atom stereocenters.